The summed E-state index contributed by atoms with van der Waals surface area (Å²) in [6.45, 7) is 1.48. The number of Topliss-reactive ketones (excluding diaryl/α,β-unsaturated/α-hetero) is 1. The Morgan fingerprint density at radius 3 is 2.33 bits per heavy atom. The first kappa shape index (κ1) is 18.0. The van der Waals surface area contributed by atoms with E-state index in [1.807, 2.05) is 30.3 Å². The highest BCUT2D eigenvalue weighted by Crippen LogP contribution is 2.41. The van der Waals surface area contributed by atoms with Crippen molar-refractivity contribution >= 4 is 17.8 Å². The van der Waals surface area contributed by atoms with E-state index >= 15 is 0 Å². The molecule has 0 atom stereocenters. The second-order valence-electron chi connectivity index (χ2n) is 6.16. The average molecular weight is 333 g/mol. The van der Waals surface area contributed by atoms with Gasteiger partial charge in [-0.15, -0.1) is 0 Å². The predicted octanol–water partition coefficient (Wildman–Crippen LogP) is 2.70. The molecular formula is C18H23NO5. The Bertz CT molecular complexity index is 595. The summed E-state index contributed by atoms with van der Waals surface area (Å²) in [5.41, 5.74) is 0.191. The topological polar surface area (TPSA) is 72.9 Å². The number of rotatable bonds is 7. The van der Waals surface area contributed by atoms with Crippen molar-refractivity contribution in [2.24, 2.45) is 0 Å². The highest BCUT2D eigenvalue weighted by molar-refractivity contribution is 5.83. The molecule has 1 aliphatic carbocycles. The summed E-state index contributed by atoms with van der Waals surface area (Å²) in [4.78, 5) is 37.3. The zero-order valence-electron chi connectivity index (χ0n) is 14.1. The van der Waals surface area contributed by atoms with Crippen LogP contribution in [0.3, 0.4) is 0 Å². The number of amides is 1. The van der Waals surface area contributed by atoms with Gasteiger partial charge in [-0.25, -0.2) is 4.79 Å². The first-order chi connectivity index (χ1) is 11.5. The number of ketones is 1. The fraction of sp³-hybridized carbons (Fsp3) is 0.500. The van der Waals surface area contributed by atoms with E-state index in [4.69, 9.17) is 9.47 Å². The van der Waals surface area contributed by atoms with Crippen LogP contribution in [0.1, 0.15) is 38.2 Å². The summed E-state index contributed by atoms with van der Waals surface area (Å²) in [6, 6.07) is 9.32. The van der Waals surface area contributed by atoms with Crippen LogP contribution < -0.4 is 0 Å². The van der Waals surface area contributed by atoms with Crippen molar-refractivity contribution in [3.63, 3.8) is 0 Å². The number of benzene rings is 1. The van der Waals surface area contributed by atoms with E-state index in [2.05, 4.69) is 0 Å². The van der Waals surface area contributed by atoms with Gasteiger partial charge in [0.1, 0.15) is 12.4 Å². The lowest BCUT2D eigenvalue weighted by atomic mass is 9.73. The number of hydrogen-bond donors (Lipinski definition) is 0. The highest BCUT2D eigenvalue weighted by Gasteiger charge is 2.47. The summed E-state index contributed by atoms with van der Waals surface area (Å²) in [7, 11) is 1.32. The van der Waals surface area contributed by atoms with E-state index < -0.39 is 11.6 Å². The lowest BCUT2D eigenvalue weighted by molar-refractivity contribution is -0.146. The van der Waals surface area contributed by atoms with E-state index in [0.717, 1.165) is 12.0 Å². The molecule has 1 fully saturated rings. The Kier molecular flexibility index (Phi) is 5.95. The van der Waals surface area contributed by atoms with Gasteiger partial charge in [-0.1, -0.05) is 30.3 Å². The Balaban J connectivity index is 2.09. The van der Waals surface area contributed by atoms with E-state index in [0.29, 0.717) is 12.8 Å². The number of nitrogens with zero attached hydrogens (tertiary/aromatic N) is 1. The van der Waals surface area contributed by atoms with Crippen LogP contribution in [0.25, 0.3) is 0 Å². The summed E-state index contributed by atoms with van der Waals surface area (Å²) < 4.78 is 10.1. The van der Waals surface area contributed by atoms with Gasteiger partial charge in [-0.3, -0.25) is 14.5 Å². The molecule has 1 saturated carbocycles. The third-order valence-electron chi connectivity index (χ3n) is 4.36. The Hall–Kier alpha value is -2.37. The van der Waals surface area contributed by atoms with Gasteiger partial charge in [0.25, 0.3) is 0 Å². The summed E-state index contributed by atoms with van der Waals surface area (Å²) in [6.07, 6.45) is 1.73. The molecule has 6 heteroatoms. The number of carbonyl (C=O) groups is 3. The second kappa shape index (κ2) is 7.95. The standard InChI is InChI=1S/C18H23NO5/c1-14(20)12-19(18(9-6-10-18)11-16(21)23-2)17(22)24-13-15-7-4-3-5-8-15/h3-5,7-8H,6,9-13H2,1-2H3. The molecule has 0 radical (unpaired) electrons. The Labute approximate surface area is 141 Å². The van der Waals surface area contributed by atoms with Crippen LogP contribution in [0.2, 0.25) is 0 Å². The van der Waals surface area contributed by atoms with Gasteiger partial charge in [-0.05, 0) is 31.7 Å². The summed E-state index contributed by atoms with van der Waals surface area (Å²) >= 11 is 0. The number of methoxy groups -OCH3 is 1. The predicted molar refractivity (Wildman–Crippen MR) is 87.2 cm³/mol. The minimum absolute atomic E-state index is 0.0649. The molecule has 0 spiro atoms. The normalized spacial score (nSPS) is 15.1. The summed E-state index contributed by atoms with van der Waals surface area (Å²) in [5.74, 6) is -0.540. The van der Waals surface area contributed by atoms with Crippen LogP contribution in [-0.2, 0) is 25.7 Å². The molecule has 130 valence electrons. The van der Waals surface area contributed by atoms with Crippen LogP contribution in [-0.4, -0.2) is 41.9 Å². The van der Waals surface area contributed by atoms with Gasteiger partial charge < -0.3 is 9.47 Å². The van der Waals surface area contributed by atoms with Gasteiger partial charge in [-0.2, -0.15) is 0 Å². The van der Waals surface area contributed by atoms with Gasteiger partial charge in [0, 0.05) is 0 Å². The molecule has 0 unspecified atom stereocenters. The first-order valence-electron chi connectivity index (χ1n) is 8.01. The number of hydrogen-bond acceptors (Lipinski definition) is 5. The second-order valence-corrected chi connectivity index (χ2v) is 6.16. The summed E-state index contributed by atoms with van der Waals surface area (Å²) in [5, 5.41) is 0. The zero-order valence-corrected chi connectivity index (χ0v) is 14.1. The lowest BCUT2D eigenvalue weighted by Crippen LogP contribution is -2.58. The van der Waals surface area contributed by atoms with Crippen LogP contribution >= 0.6 is 0 Å². The molecule has 0 heterocycles. The van der Waals surface area contributed by atoms with Crippen molar-refractivity contribution < 1.29 is 23.9 Å². The number of ether oxygens (including phenoxy) is 2. The largest absolute Gasteiger partial charge is 0.469 e. The molecule has 0 aliphatic heterocycles. The Morgan fingerprint density at radius 1 is 1.17 bits per heavy atom. The smallest absolute Gasteiger partial charge is 0.410 e. The molecule has 1 aromatic rings. The molecule has 1 amide bonds. The SMILES string of the molecule is COC(=O)CC1(N(CC(C)=O)C(=O)OCc2ccccc2)CCC1. The van der Waals surface area contributed by atoms with Crippen LogP contribution in [0, 0.1) is 0 Å². The van der Waals surface area contributed by atoms with Crippen LogP contribution in [0.15, 0.2) is 30.3 Å². The lowest BCUT2D eigenvalue weighted by Gasteiger charge is -2.48. The highest BCUT2D eigenvalue weighted by atomic mass is 16.6. The third-order valence-corrected chi connectivity index (χ3v) is 4.36. The van der Waals surface area contributed by atoms with Crippen molar-refractivity contribution in [3.05, 3.63) is 35.9 Å². The van der Waals surface area contributed by atoms with Crippen molar-refractivity contribution in [2.45, 2.75) is 44.8 Å². The molecule has 0 saturated heterocycles. The first-order valence-corrected chi connectivity index (χ1v) is 8.01. The van der Waals surface area contributed by atoms with Crippen molar-refractivity contribution in [1.29, 1.82) is 0 Å². The molecule has 1 aliphatic rings. The van der Waals surface area contributed by atoms with Crippen LogP contribution in [0.5, 0.6) is 0 Å². The molecule has 24 heavy (non-hydrogen) atoms. The van der Waals surface area contributed by atoms with Crippen molar-refractivity contribution in [2.75, 3.05) is 13.7 Å². The van der Waals surface area contributed by atoms with Gasteiger partial charge >= 0.3 is 12.1 Å². The minimum Gasteiger partial charge on any atom is -0.469 e. The maximum Gasteiger partial charge on any atom is 0.410 e. The molecular weight excluding hydrogens is 310 g/mol. The van der Waals surface area contributed by atoms with Crippen molar-refractivity contribution in [1.82, 2.24) is 4.90 Å². The molecule has 2 rings (SSSR count). The molecule has 6 nitrogen and oxygen atoms in total. The maximum absolute atomic E-state index is 12.6. The quantitative estimate of drug-likeness (QED) is 0.717. The Morgan fingerprint density at radius 2 is 1.83 bits per heavy atom. The van der Waals surface area contributed by atoms with E-state index in [1.54, 1.807) is 0 Å². The van der Waals surface area contributed by atoms with Gasteiger partial charge in [0.2, 0.25) is 0 Å². The van der Waals surface area contributed by atoms with E-state index in [1.165, 1.54) is 18.9 Å². The fourth-order valence-electron chi connectivity index (χ4n) is 2.91. The molecule has 0 N–H and O–H groups in total. The molecule has 0 bridgehead atoms. The molecule has 1 aromatic carbocycles. The zero-order chi connectivity index (χ0) is 17.6. The average Bonchev–Trinajstić information content (AvgIpc) is 2.54. The van der Waals surface area contributed by atoms with Gasteiger partial charge in [0.15, 0.2) is 0 Å². The van der Waals surface area contributed by atoms with Crippen LogP contribution in [0.4, 0.5) is 4.79 Å². The maximum atomic E-state index is 12.6. The monoisotopic (exact) mass is 333 g/mol. The number of carbonyl (C=O) groups excluding carboxylic acids is 3. The van der Waals surface area contributed by atoms with E-state index in [-0.39, 0.29) is 31.3 Å². The van der Waals surface area contributed by atoms with Crippen molar-refractivity contribution in [3.8, 4) is 0 Å². The third kappa shape index (κ3) is 4.34. The number of esters is 1. The van der Waals surface area contributed by atoms with E-state index in [9.17, 15) is 14.4 Å². The minimum atomic E-state index is -0.674. The molecule has 0 aromatic heterocycles. The fourth-order valence-corrected chi connectivity index (χ4v) is 2.91. The van der Waals surface area contributed by atoms with Gasteiger partial charge in [0.05, 0.1) is 25.6 Å².